The summed E-state index contributed by atoms with van der Waals surface area (Å²) in [7, 11) is 1.35. The number of ether oxygens (including phenoxy) is 1. The minimum Gasteiger partial charge on any atom is -0.468 e. The number of methoxy groups -OCH3 is 1. The molecule has 2 rings (SSSR count). The van der Waals surface area contributed by atoms with E-state index in [1.807, 2.05) is 30.3 Å². The van der Waals surface area contributed by atoms with E-state index in [1.54, 1.807) is 6.92 Å². The van der Waals surface area contributed by atoms with Crippen molar-refractivity contribution in [2.75, 3.05) is 7.11 Å². The smallest absolute Gasteiger partial charge is 0.325 e. The Hall–Kier alpha value is -1.87. The molecule has 0 heterocycles. The van der Waals surface area contributed by atoms with Crippen molar-refractivity contribution in [2.24, 2.45) is 5.73 Å². The molecule has 2 aromatic carbocycles. The molecule has 3 nitrogen and oxygen atoms in total. The van der Waals surface area contributed by atoms with Crippen molar-refractivity contribution in [2.45, 2.75) is 18.9 Å². The summed E-state index contributed by atoms with van der Waals surface area (Å²) in [5.41, 5.74) is 6.02. The summed E-state index contributed by atoms with van der Waals surface area (Å²) in [5.74, 6) is -0.393. The zero-order valence-electron chi connectivity index (χ0n) is 10.6. The number of carbonyl (C=O) groups is 1. The van der Waals surface area contributed by atoms with Gasteiger partial charge in [0.15, 0.2) is 0 Å². The van der Waals surface area contributed by atoms with Gasteiger partial charge in [0.2, 0.25) is 0 Å². The molecule has 0 bridgehead atoms. The first kappa shape index (κ1) is 12.6. The van der Waals surface area contributed by atoms with E-state index in [-0.39, 0.29) is 0 Å². The number of fused-ring (bicyclic) bond motifs is 1. The van der Waals surface area contributed by atoms with Gasteiger partial charge in [0.05, 0.1) is 7.11 Å². The zero-order valence-corrected chi connectivity index (χ0v) is 10.6. The Balaban J connectivity index is 2.29. The van der Waals surface area contributed by atoms with Crippen LogP contribution in [0.15, 0.2) is 42.5 Å². The second kappa shape index (κ2) is 4.78. The minimum absolute atomic E-state index is 0.393. The first-order chi connectivity index (χ1) is 8.53. The van der Waals surface area contributed by atoms with Crippen LogP contribution in [0.25, 0.3) is 10.8 Å². The summed E-state index contributed by atoms with van der Waals surface area (Å²) in [5, 5.41) is 2.33. The molecule has 0 radical (unpaired) electrons. The van der Waals surface area contributed by atoms with Gasteiger partial charge in [0.25, 0.3) is 0 Å². The molecule has 3 heteroatoms. The van der Waals surface area contributed by atoms with Gasteiger partial charge in [-0.1, -0.05) is 42.5 Å². The highest BCUT2D eigenvalue weighted by atomic mass is 16.5. The Labute approximate surface area is 107 Å². The highest BCUT2D eigenvalue weighted by Crippen LogP contribution is 2.19. The molecule has 0 aromatic heterocycles. The molecular weight excluding hydrogens is 226 g/mol. The van der Waals surface area contributed by atoms with Gasteiger partial charge in [-0.25, -0.2) is 0 Å². The number of hydrogen-bond donors (Lipinski definition) is 1. The Morgan fingerprint density at radius 2 is 1.89 bits per heavy atom. The molecular formula is C15H17NO2. The fourth-order valence-electron chi connectivity index (χ4n) is 2.08. The van der Waals surface area contributed by atoms with Crippen LogP contribution >= 0.6 is 0 Å². The lowest BCUT2D eigenvalue weighted by Gasteiger charge is -2.21. The number of esters is 1. The van der Waals surface area contributed by atoms with Crippen LogP contribution in [0.2, 0.25) is 0 Å². The molecule has 0 saturated heterocycles. The Kier molecular flexibility index (Phi) is 3.34. The van der Waals surface area contributed by atoms with E-state index in [4.69, 9.17) is 10.5 Å². The van der Waals surface area contributed by atoms with Crippen molar-refractivity contribution in [3.63, 3.8) is 0 Å². The highest BCUT2D eigenvalue weighted by molar-refractivity contribution is 5.84. The van der Waals surface area contributed by atoms with E-state index in [0.717, 1.165) is 10.9 Å². The topological polar surface area (TPSA) is 52.3 Å². The van der Waals surface area contributed by atoms with E-state index in [9.17, 15) is 4.79 Å². The van der Waals surface area contributed by atoms with Crippen molar-refractivity contribution in [3.8, 4) is 0 Å². The van der Waals surface area contributed by atoms with Crippen LogP contribution in [0, 0.1) is 0 Å². The van der Waals surface area contributed by atoms with Crippen LogP contribution in [0.1, 0.15) is 12.5 Å². The SMILES string of the molecule is COC(=O)[C@](C)(N)Cc1ccc2ccccc2c1. The normalized spacial score (nSPS) is 14.2. The van der Waals surface area contributed by atoms with Gasteiger partial charge in [-0.2, -0.15) is 0 Å². The maximum absolute atomic E-state index is 11.6. The quantitative estimate of drug-likeness (QED) is 0.841. The molecule has 0 amide bonds. The van der Waals surface area contributed by atoms with Crippen LogP contribution in [0.4, 0.5) is 0 Å². The maximum atomic E-state index is 11.6. The molecule has 0 saturated carbocycles. The lowest BCUT2D eigenvalue weighted by atomic mass is 9.93. The lowest BCUT2D eigenvalue weighted by molar-refractivity contribution is -0.146. The molecule has 2 N–H and O–H groups in total. The average molecular weight is 243 g/mol. The van der Waals surface area contributed by atoms with Gasteiger partial charge >= 0.3 is 5.97 Å². The third-order valence-electron chi connectivity index (χ3n) is 3.04. The van der Waals surface area contributed by atoms with Crippen LogP contribution in [-0.2, 0) is 16.0 Å². The summed E-state index contributed by atoms with van der Waals surface area (Å²) in [4.78, 5) is 11.6. The van der Waals surface area contributed by atoms with Crippen LogP contribution < -0.4 is 5.73 Å². The lowest BCUT2D eigenvalue weighted by Crippen LogP contribution is -2.47. The summed E-state index contributed by atoms with van der Waals surface area (Å²) in [6.45, 7) is 1.69. The fraction of sp³-hybridized carbons (Fsp3) is 0.267. The fourth-order valence-corrected chi connectivity index (χ4v) is 2.08. The van der Waals surface area contributed by atoms with Gasteiger partial charge in [-0.05, 0) is 23.3 Å². The molecule has 0 unspecified atom stereocenters. The minimum atomic E-state index is -0.989. The summed E-state index contributed by atoms with van der Waals surface area (Å²) < 4.78 is 4.71. The maximum Gasteiger partial charge on any atom is 0.325 e. The Morgan fingerprint density at radius 3 is 2.56 bits per heavy atom. The predicted molar refractivity (Wildman–Crippen MR) is 72.3 cm³/mol. The second-order valence-electron chi connectivity index (χ2n) is 4.77. The van der Waals surface area contributed by atoms with Crippen molar-refractivity contribution in [3.05, 3.63) is 48.0 Å². The Morgan fingerprint density at radius 1 is 1.22 bits per heavy atom. The molecule has 0 aliphatic rings. The van der Waals surface area contributed by atoms with Gasteiger partial charge < -0.3 is 10.5 Å². The molecule has 0 aliphatic carbocycles. The molecule has 0 spiro atoms. The number of benzene rings is 2. The molecule has 2 aromatic rings. The highest BCUT2D eigenvalue weighted by Gasteiger charge is 2.29. The standard InChI is InChI=1S/C15H17NO2/c1-15(16,14(17)18-2)10-11-7-8-12-5-3-4-6-13(12)9-11/h3-9H,10,16H2,1-2H3/t15-/m1/s1. The van der Waals surface area contributed by atoms with Gasteiger partial charge in [-0.15, -0.1) is 0 Å². The molecule has 1 atom stereocenters. The number of hydrogen-bond acceptors (Lipinski definition) is 3. The number of carbonyl (C=O) groups excluding carboxylic acids is 1. The van der Waals surface area contributed by atoms with E-state index in [2.05, 4.69) is 12.1 Å². The monoisotopic (exact) mass is 243 g/mol. The largest absolute Gasteiger partial charge is 0.468 e. The number of rotatable bonds is 3. The number of nitrogens with two attached hydrogens (primary N) is 1. The third-order valence-corrected chi connectivity index (χ3v) is 3.04. The summed E-state index contributed by atoms with van der Waals surface area (Å²) >= 11 is 0. The van der Waals surface area contributed by atoms with Gasteiger partial charge in [0, 0.05) is 6.42 Å². The molecule has 0 aliphatic heterocycles. The Bertz CT molecular complexity index is 575. The van der Waals surface area contributed by atoms with Crippen molar-refractivity contribution in [1.29, 1.82) is 0 Å². The molecule has 18 heavy (non-hydrogen) atoms. The average Bonchev–Trinajstić information content (AvgIpc) is 2.37. The summed E-state index contributed by atoms with van der Waals surface area (Å²) in [6.07, 6.45) is 0.463. The van der Waals surface area contributed by atoms with E-state index in [0.29, 0.717) is 6.42 Å². The van der Waals surface area contributed by atoms with Crippen molar-refractivity contribution < 1.29 is 9.53 Å². The van der Waals surface area contributed by atoms with Crippen molar-refractivity contribution in [1.82, 2.24) is 0 Å². The van der Waals surface area contributed by atoms with Gasteiger partial charge in [0.1, 0.15) is 5.54 Å². The predicted octanol–water partition coefficient (Wildman–Crippen LogP) is 2.27. The first-order valence-corrected chi connectivity index (χ1v) is 5.88. The summed E-state index contributed by atoms with van der Waals surface area (Å²) in [6, 6.07) is 14.2. The van der Waals surface area contributed by atoms with Crippen LogP contribution in [-0.4, -0.2) is 18.6 Å². The van der Waals surface area contributed by atoms with Crippen LogP contribution in [0.3, 0.4) is 0 Å². The zero-order chi connectivity index (χ0) is 13.2. The van der Waals surface area contributed by atoms with Crippen LogP contribution in [0.5, 0.6) is 0 Å². The first-order valence-electron chi connectivity index (χ1n) is 5.88. The van der Waals surface area contributed by atoms with Crippen molar-refractivity contribution >= 4 is 16.7 Å². The molecule has 0 fully saturated rings. The van der Waals surface area contributed by atoms with E-state index >= 15 is 0 Å². The van der Waals surface area contributed by atoms with E-state index in [1.165, 1.54) is 12.5 Å². The second-order valence-corrected chi connectivity index (χ2v) is 4.77. The molecule has 94 valence electrons. The third kappa shape index (κ3) is 2.51. The van der Waals surface area contributed by atoms with Gasteiger partial charge in [-0.3, -0.25) is 4.79 Å². The van der Waals surface area contributed by atoms with E-state index < -0.39 is 11.5 Å².